The van der Waals surface area contributed by atoms with Crippen LogP contribution in [0.15, 0.2) is 53.7 Å². The highest BCUT2D eigenvalue weighted by atomic mass is 32.2. The van der Waals surface area contributed by atoms with Gasteiger partial charge in [0.25, 0.3) is 0 Å². The van der Waals surface area contributed by atoms with Gasteiger partial charge in [0.1, 0.15) is 5.75 Å². The van der Waals surface area contributed by atoms with Gasteiger partial charge in [-0.3, -0.25) is 9.36 Å². The zero-order valence-electron chi connectivity index (χ0n) is 18.1. The van der Waals surface area contributed by atoms with Crippen molar-refractivity contribution < 1.29 is 9.53 Å². The van der Waals surface area contributed by atoms with Gasteiger partial charge in [-0.25, -0.2) is 0 Å². The Morgan fingerprint density at radius 1 is 1.00 bits per heavy atom. The first kappa shape index (κ1) is 21.4. The smallest absolute Gasteiger partial charge is 0.233 e. The summed E-state index contributed by atoms with van der Waals surface area (Å²) in [4.78, 5) is 14.8. The molecule has 1 fully saturated rings. The fourth-order valence-corrected chi connectivity index (χ4v) is 4.69. The van der Waals surface area contributed by atoms with Crippen LogP contribution in [0.2, 0.25) is 0 Å². The van der Waals surface area contributed by atoms with Crippen molar-refractivity contribution in [1.29, 1.82) is 0 Å². The molecule has 3 aromatic rings. The summed E-state index contributed by atoms with van der Waals surface area (Å²) in [5.41, 5.74) is 3.01. The maximum absolute atomic E-state index is 12.8. The Balaban J connectivity index is 1.65. The first-order valence-electron chi connectivity index (χ1n) is 10.7. The van der Waals surface area contributed by atoms with Crippen LogP contribution in [0.5, 0.6) is 5.75 Å². The number of ether oxygens (including phenoxy) is 1. The summed E-state index contributed by atoms with van der Waals surface area (Å²) in [5.74, 6) is 1.96. The summed E-state index contributed by atoms with van der Waals surface area (Å²) in [6.07, 6.45) is 4.60. The number of hydrogen-bond acceptors (Lipinski definition) is 5. The summed E-state index contributed by atoms with van der Waals surface area (Å²) < 4.78 is 7.57. The second-order valence-corrected chi connectivity index (χ2v) is 8.70. The Hall–Kier alpha value is -2.80. The third-order valence-electron chi connectivity index (χ3n) is 5.56. The molecule has 2 aromatic carbocycles. The SMILES string of the molecule is COc1ccccc1-c1nnc(SCC(=O)N2CCCCCC2)n1-c1ccc(C)cc1. The summed E-state index contributed by atoms with van der Waals surface area (Å²) >= 11 is 1.44. The first-order chi connectivity index (χ1) is 15.2. The lowest BCUT2D eigenvalue weighted by Gasteiger charge is -2.20. The molecule has 1 aliphatic rings. The van der Waals surface area contributed by atoms with Gasteiger partial charge in [-0.15, -0.1) is 10.2 Å². The van der Waals surface area contributed by atoms with Crippen LogP contribution in [-0.4, -0.2) is 51.5 Å². The van der Waals surface area contributed by atoms with Crippen LogP contribution in [-0.2, 0) is 4.79 Å². The summed E-state index contributed by atoms with van der Waals surface area (Å²) in [5, 5.41) is 9.64. The molecule has 1 amide bonds. The van der Waals surface area contributed by atoms with E-state index in [2.05, 4.69) is 41.4 Å². The third-order valence-corrected chi connectivity index (χ3v) is 6.47. The zero-order valence-corrected chi connectivity index (χ0v) is 18.9. The van der Waals surface area contributed by atoms with Crippen molar-refractivity contribution in [3.8, 4) is 22.8 Å². The number of hydrogen-bond donors (Lipinski definition) is 0. The van der Waals surface area contributed by atoms with Crippen LogP contribution >= 0.6 is 11.8 Å². The number of rotatable bonds is 6. The summed E-state index contributed by atoms with van der Waals surface area (Å²) in [6.45, 7) is 3.78. The van der Waals surface area contributed by atoms with Crippen molar-refractivity contribution in [3.63, 3.8) is 0 Å². The van der Waals surface area contributed by atoms with Gasteiger partial charge in [-0.1, -0.05) is 54.4 Å². The molecule has 2 heterocycles. The number of amides is 1. The molecule has 0 saturated carbocycles. The average molecular weight is 437 g/mol. The minimum absolute atomic E-state index is 0.171. The topological polar surface area (TPSA) is 60.3 Å². The first-order valence-corrected chi connectivity index (χ1v) is 11.7. The quantitative estimate of drug-likeness (QED) is 0.522. The summed E-state index contributed by atoms with van der Waals surface area (Å²) in [7, 11) is 1.65. The van der Waals surface area contributed by atoms with Gasteiger partial charge in [-0.05, 0) is 44.0 Å². The van der Waals surface area contributed by atoms with E-state index in [9.17, 15) is 4.79 Å². The average Bonchev–Trinajstić information content (AvgIpc) is 3.02. The van der Waals surface area contributed by atoms with Crippen molar-refractivity contribution in [1.82, 2.24) is 19.7 Å². The van der Waals surface area contributed by atoms with Gasteiger partial charge in [0, 0.05) is 18.8 Å². The van der Waals surface area contributed by atoms with Gasteiger partial charge < -0.3 is 9.64 Å². The molecule has 0 unspecified atom stereocenters. The number of nitrogens with zero attached hydrogens (tertiary/aromatic N) is 4. The molecule has 4 rings (SSSR count). The van der Waals surface area contributed by atoms with Crippen molar-refractivity contribution in [2.45, 2.75) is 37.8 Å². The molecule has 1 saturated heterocycles. The Kier molecular flexibility index (Phi) is 6.92. The third kappa shape index (κ3) is 4.93. The lowest BCUT2D eigenvalue weighted by molar-refractivity contribution is -0.128. The molecule has 0 spiro atoms. The van der Waals surface area contributed by atoms with E-state index in [0.29, 0.717) is 16.7 Å². The van der Waals surface area contributed by atoms with E-state index in [0.717, 1.165) is 42.9 Å². The lowest BCUT2D eigenvalue weighted by atomic mass is 10.1. The normalized spacial score (nSPS) is 14.3. The van der Waals surface area contributed by atoms with E-state index < -0.39 is 0 Å². The number of carbonyl (C=O) groups is 1. The van der Waals surface area contributed by atoms with Crippen LogP contribution in [0, 0.1) is 6.92 Å². The number of thioether (sulfide) groups is 1. The largest absolute Gasteiger partial charge is 0.496 e. The number of aryl methyl sites for hydroxylation is 1. The predicted octanol–water partition coefficient (Wildman–Crippen LogP) is 4.75. The highest BCUT2D eigenvalue weighted by Gasteiger charge is 2.21. The van der Waals surface area contributed by atoms with Gasteiger partial charge in [0.05, 0.1) is 18.4 Å². The predicted molar refractivity (Wildman–Crippen MR) is 124 cm³/mol. The van der Waals surface area contributed by atoms with E-state index in [-0.39, 0.29) is 5.91 Å². The Morgan fingerprint density at radius 2 is 1.71 bits per heavy atom. The lowest BCUT2D eigenvalue weighted by Crippen LogP contribution is -2.33. The molecule has 0 aliphatic carbocycles. The molecule has 1 aromatic heterocycles. The monoisotopic (exact) mass is 436 g/mol. The van der Waals surface area contributed by atoms with E-state index in [1.165, 1.54) is 30.2 Å². The summed E-state index contributed by atoms with van der Waals surface area (Å²) in [6, 6.07) is 16.0. The van der Waals surface area contributed by atoms with Crippen LogP contribution in [0.25, 0.3) is 17.1 Å². The molecular weight excluding hydrogens is 408 g/mol. The molecule has 0 bridgehead atoms. The van der Waals surface area contributed by atoms with Gasteiger partial charge in [-0.2, -0.15) is 0 Å². The van der Waals surface area contributed by atoms with Gasteiger partial charge >= 0.3 is 0 Å². The molecule has 6 nitrogen and oxygen atoms in total. The number of para-hydroxylation sites is 1. The molecule has 0 N–H and O–H groups in total. The fourth-order valence-electron chi connectivity index (χ4n) is 3.83. The van der Waals surface area contributed by atoms with Gasteiger partial charge in [0.15, 0.2) is 11.0 Å². The number of aromatic nitrogens is 3. The van der Waals surface area contributed by atoms with Crippen LogP contribution in [0.4, 0.5) is 0 Å². The van der Waals surface area contributed by atoms with Crippen molar-refractivity contribution in [2.24, 2.45) is 0 Å². The van der Waals surface area contributed by atoms with E-state index in [4.69, 9.17) is 4.74 Å². The van der Waals surface area contributed by atoms with Crippen molar-refractivity contribution in [2.75, 3.05) is 26.0 Å². The maximum Gasteiger partial charge on any atom is 0.233 e. The van der Waals surface area contributed by atoms with E-state index in [1.807, 2.05) is 33.7 Å². The maximum atomic E-state index is 12.8. The van der Waals surface area contributed by atoms with Crippen LogP contribution < -0.4 is 4.74 Å². The van der Waals surface area contributed by atoms with Gasteiger partial charge in [0.2, 0.25) is 5.91 Å². The Bertz CT molecular complexity index is 1020. The number of carbonyl (C=O) groups excluding carboxylic acids is 1. The fraction of sp³-hybridized carbons (Fsp3) is 0.375. The molecule has 162 valence electrons. The van der Waals surface area contributed by atoms with E-state index >= 15 is 0 Å². The minimum Gasteiger partial charge on any atom is -0.496 e. The Morgan fingerprint density at radius 3 is 2.42 bits per heavy atom. The zero-order chi connectivity index (χ0) is 21.6. The second kappa shape index (κ2) is 10.0. The van der Waals surface area contributed by atoms with Crippen LogP contribution in [0.1, 0.15) is 31.2 Å². The minimum atomic E-state index is 0.171. The molecule has 0 atom stereocenters. The Labute approximate surface area is 187 Å². The highest BCUT2D eigenvalue weighted by molar-refractivity contribution is 7.99. The second-order valence-electron chi connectivity index (χ2n) is 7.76. The van der Waals surface area contributed by atoms with E-state index in [1.54, 1.807) is 7.11 Å². The number of likely N-dealkylation sites (tertiary alicyclic amines) is 1. The van der Waals surface area contributed by atoms with Crippen LogP contribution in [0.3, 0.4) is 0 Å². The van der Waals surface area contributed by atoms with Crippen molar-refractivity contribution >= 4 is 17.7 Å². The molecule has 0 radical (unpaired) electrons. The number of benzene rings is 2. The molecule has 31 heavy (non-hydrogen) atoms. The standard InChI is InChI=1S/C24H28N4O2S/c1-18-11-13-19(14-12-18)28-23(20-9-5-6-10-21(20)30-2)25-26-24(28)31-17-22(29)27-15-7-3-4-8-16-27/h5-6,9-14H,3-4,7-8,15-17H2,1-2H3. The molecule has 7 heteroatoms. The number of methoxy groups -OCH3 is 1. The highest BCUT2D eigenvalue weighted by Crippen LogP contribution is 2.33. The molecular formula is C24H28N4O2S. The van der Waals surface area contributed by atoms with Crippen molar-refractivity contribution in [3.05, 3.63) is 54.1 Å². The molecule has 1 aliphatic heterocycles.